The Morgan fingerprint density at radius 2 is 0.735 bits per heavy atom. The number of phenolic OH excluding ortho intramolecular Hbond substituents is 4. The summed E-state index contributed by atoms with van der Waals surface area (Å²) in [4.78, 5) is 101. The molecule has 5 aliphatic rings. The number of aromatic hydroxyl groups is 4. The minimum atomic E-state index is -3.67. The van der Waals surface area contributed by atoms with Gasteiger partial charge in [0.15, 0.2) is 11.6 Å². The summed E-state index contributed by atoms with van der Waals surface area (Å²) in [5.41, 5.74) is 19.4. The van der Waals surface area contributed by atoms with Crippen LogP contribution in [0.4, 0.5) is 17.1 Å². The summed E-state index contributed by atoms with van der Waals surface area (Å²) in [5, 5.41) is 39.9. The molecule has 0 saturated heterocycles. The van der Waals surface area contributed by atoms with Gasteiger partial charge in [0, 0.05) is 99.2 Å². The molecule has 8 aromatic carbocycles. The molecule has 0 saturated carbocycles. The lowest BCUT2D eigenvalue weighted by Gasteiger charge is -2.39. The normalized spacial score (nSPS) is 13.9. The summed E-state index contributed by atoms with van der Waals surface area (Å²) in [6.45, 7) is 16.5. The molecule has 24 nitrogen and oxygen atoms in total. The number of hydrogen-bond donors (Lipinski definition) is 5. The van der Waals surface area contributed by atoms with Crippen molar-refractivity contribution in [1.29, 1.82) is 0 Å². The molecular weight excluding hydrogens is 1690 g/mol. The summed E-state index contributed by atoms with van der Waals surface area (Å²) in [6.07, 6.45) is 19.6. The fourth-order valence-corrected chi connectivity index (χ4v) is 16.5. The number of ketones is 2. The Labute approximate surface area is 764 Å². The first-order valence-electron chi connectivity index (χ1n) is 42.2. The van der Waals surface area contributed by atoms with E-state index in [9.17, 15) is 57.6 Å². The lowest BCUT2D eigenvalue weighted by atomic mass is 9.64. The Balaban J connectivity index is 0.000000146. The van der Waals surface area contributed by atoms with Crippen molar-refractivity contribution in [3.8, 4) is 34.5 Å². The lowest BCUT2D eigenvalue weighted by molar-refractivity contribution is -0.121. The number of carbonyl (C=O) groups is 6. The summed E-state index contributed by atoms with van der Waals surface area (Å²) in [5.74, 6) is 0.187. The zero-order valence-electron chi connectivity index (χ0n) is 73.3. The molecule has 0 amide bonds. The van der Waals surface area contributed by atoms with Crippen molar-refractivity contribution in [3.63, 3.8) is 0 Å². The number of benzene rings is 8. The van der Waals surface area contributed by atoms with E-state index in [0.29, 0.717) is 92.2 Å². The van der Waals surface area contributed by atoms with Crippen LogP contribution in [0.15, 0.2) is 351 Å². The molecule has 5 N–H and O–H groups in total. The first-order valence-corrected chi connectivity index (χ1v) is 44.0. The van der Waals surface area contributed by atoms with Crippen molar-refractivity contribution in [2.45, 2.75) is 97.1 Å². The zero-order valence-corrected chi connectivity index (χ0v) is 74.1. The predicted octanol–water partition coefficient (Wildman–Crippen LogP) is 18.7. The Hall–Kier alpha value is -16.1. The number of pyridine rings is 5. The molecule has 664 valence electrons. The molecular formula is C107H94N8O16S. The molecule has 0 radical (unpaired) electrons. The number of esters is 2. The molecule has 25 heteroatoms. The van der Waals surface area contributed by atoms with Gasteiger partial charge in [0.2, 0.25) is 0 Å². The highest BCUT2D eigenvalue weighted by Crippen LogP contribution is 2.55. The molecule has 6 heterocycles. The monoisotopic (exact) mass is 1780 g/mol. The van der Waals surface area contributed by atoms with Gasteiger partial charge >= 0.3 is 11.9 Å². The van der Waals surface area contributed by atoms with Crippen LogP contribution >= 0.6 is 0 Å². The van der Waals surface area contributed by atoms with Crippen LogP contribution in [-0.2, 0) is 89.5 Å². The molecule has 18 rings (SSSR count). The van der Waals surface area contributed by atoms with Crippen molar-refractivity contribution >= 4 is 74.8 Å². The van der Waals surface area contributed by atoms with E-state index in [1.165, 1.54) is 0 Å². The highest BCUT2D eigenvalue weighted by Gasteiger charge is 2.42. The van der Waals surface area contributed by atoms with Crippen molar-refractivity contribution in [1.82, 2.24) is 24.9 Å². The fraction of sp³-hybridized carbons (Fsp3) is 0.150. The Morgan fingerprint density at radius 1 is 0.379 bits per heavy atom. The third-order valence-corrected chi connectivity index (χ3v) is 23.0. The molecule has 4 aliphatic carbocycles. The maximum absolute atomic E-state index is 12.6. The van der Waals surface area contributed by atoms with Crippen LogP contribution in [0.1, 0.15) is 141 Å². The van der Waals surface area contributed by atoms with Crippen LogP contribution < -0.4 is 24.2 Å². The van der Waals surface area contributed by atoms with Crippen LogP contribution in [0.25, 0.3) is 11.1 Å². The molecule has 1 aliphatic heterocycles. The maximum atomic E-state index is 12.6. The molecule has 0 fully saturated rings. The molecule has 0 spiro atoms. The molecule has 5 aromatic heterocycles. The van der Waals surface area contributed by atoms with Gasteiger partial charge in [-0.25, -0.2) is 9.59 Å². The highest BCUT2D eigenvalue weighted by molar-refractivity contribution is 7.85. The summed E-state index contributed by atoms with van der Waals surface area (Å²) < 4.78 is 41.7. The van der Waals surface area contributed by atoms with Gasteiger partial charge in [-0.15, -0.1) is 0 Å². The van der Waals surface area contributed by atoms with E-state index in [2.05, 4.69) is 65.6 Å². The van der Waals surface area contributed by atoms with Crippen LogP contribution in [0.3, 0.4) is 0 Å². The first kappa shape index (κ1) is 92.1. The van der Waals surface area contributed by atoms with E-state index in [-0.39, 0.29) is 40.0 Å². The Morgan fingerprint density at radius 3 is 1.14 bits per heavy atom. The molecule has 0 atom stereocenters. The van der Waals surface area contributed by atoms with Crippen molar-refractivity contribution in [3.05, 3.63) is 440 Å². The van der Waals surface area contributed by atoms with Crippen molar-refractivity contribution in [2.24, 2.45) is 0 Å². The average Bonchev–Trinajstić information content (AvgIpc) is 0.749. The van der Waals surface area contributed by atoms with Gasteiger partial charge in [-0.1, -0.05) is 151 Å². The molecule has 0 unspecified atom stereocenters. The van der Waals surface area contributed by atoms with E-state index in [0.717, 1.165) is 118 Å². The number of hydrogen-bond acceptors (Lipinski definition) is 23. The third kappa shape index (κ3) is 22.0. The van der Waals surface area contributed by atoms with Gasteiger partial charge in [-0.3, -0.25) is 48.7 Å². The second-order valence-electron chi connectivity index (χ2n) is 33.2. The lowest BCUT2D eigenvalue weighted by Crippen LogP contribution is -2.29. The maximum Gasteiger partial charge on any atom is 0.346 e. The number of ether oxygens (including phenoxy) is 3. The third-order valence-electron chi connectivity index (χ3n) is 23.0. The smallest absolute Gasteiger partial charge is 0.346 e. The minimum Gasteiger partial charge on any atom is -0.508 e. The van der Waals surface area contributed by atoms with E-state index in [1.54, 1.807) is 122 Å². The summed E-state index contributed by atoms with van der Waals surface area (Å²) >= 11 is 0. The van der Waals surface area contributed by atoms with Crippen LogP contribution in [0.5, 0.6) is 34.5 Å². The molecule has 132 heavy (non-hydrogen) atoms. The summed E-state index contributed by atoms with van der Waals surface area (Å²) in [6, 6.07) is 80.8. The number of cyclic esters (lactones) is 2. The van der Waals surface area contributed by atoms with E-state index >= 15 is 0 Å². The summed E-state index contributed by atoms with van der Waals surface area (Å²) in [7, 11) is -3.67. The first-order chi connectivity index (χ1) is 63.4. The Bertz CT molecular complexity index is 6650. The number of anilines is 3. The fourth-order valence-electron chi connectivity index (χ4n) is 16.5. The molecule has 13 aromatic rings. The number of allylic oxidation sites excluding steroid dienone is 10. The average molecular weight is 1780 g/mol. The second kappa shape index (κ2) is 40.5. The van der Waals surface area contributed by atoms with Gasteiger partial charge in [0.25, 0.3) is 23.1 Å². The number of phenols is 4. The highest BCUT2D eigenvalue weighted by atomic mass is 32.2. The van der Waals surface area contributed by atoms with Crippen LogP contribution in [0, 0.1) is 0 Å². The van der Waals surface area contributed by atoms with Gasteiger partial charge in [-0.2, -0.15) is 8.42 Å². The van der Waals surface area contributed by atoms with Crippen LogP contribution in [-0.4, -0.2) is 101 Å². The predicted molar refractivity (Wildman–Crippen MR) is 504 cm³/mol. The van der Waals surface area contributed by atoms with Gasteiger partial charge < -0.3 is 49.3 Å². The number of carbonyl (C=O) groups excluding carboxylic acids is 6. The standard InChI is InChI=1S/2C35H29N3O4.C21H16N2O3.C15H16O2.CH4O3S/c1-35(2)31-18-26(40)10-12-28(31)34(29-13-11-27(41)19-32(29)35)30-17-25(9-14-33(30)42-22-39)38(20-23-7-3-5-15-36-23)21-24-8-4-6-16-37-24;1-35(2)31-18-26(40)10-13-28(31)34(29-14-11-27(41)19-32(29)35)30-12-9-25(17-33(30)42-22-39)38(20-23-7-3-5-15-36-23)21-24-8-4-6-16-37-24;24-20-18-10-9-17(12-19(18)21(25)26-20)23(13-15-6-2-1-3-7-15)14-16-8-4-5-11-22-16;1-15(2,11-5-3-7-13(16)9-11)12-6-4-8-14(17)10-12;1-5(2,3)4/h2*3-19,22,40H,20-21H2,1-2H3;1-12H,13-14H2;3-10,16-17H,1-2H3;1H3,(H,2,3,4). The topological polar surface area (TPSA) is 340 Å². The number of nitrogens with zero attached hydrogens (tertiary/aromatic N) is 8. The van der Waals surface area contributed by atoms with Crippen molar-refractivity contribution < 1.29 is 76.4 Å². The number of fused-ring (bicyclic) bond motifs is 5. The Kier molecular flexibility index (Phi) is 28.2. The number of rotatable bonds is 23. The van der Waals surface area contributed by atoms with Gasteiger partial charge in [0.1, 0.15) is 34.5 Å². The van der Waals surface area contributed by atoms with E-state index < -0.39 is 32.9 Å². The van der Waals surface area contributed by atoms with Gasteiger partial charge in [0.05, 0.1) is 78.6 Å². The number of aromatic nitrogens is 5. The largest absolute Gasteiger partial charge is 0.508 e. The van der Waals surface area contributed by atoms with Gasteiger partial charge in [-0.05, 0) is 243 Å². The van der Waals surface area contributed by atoms with E-state index in [1.807, 2.05) is 222 Å². The second-order valence-corrected chi connectivity index (χ2v) is 34.7. The van der Waals surface area contributed by atoms with Crippen molar-refractivity contribution in [2.75, 3.05) is 21.0 Å². The zero-order chi connectivity index (χ0) is 93.4. The van der Waals surface area contributed by atoms with E-state index in [4.69, 9.17) is 18.8 Å². The quantitative estimate of drug-likeness (QED) is 0.0172. The van der Waals surface area contributed by atoms with Crippen LogP contribution in [0.2, 0.25) is 0 Å². The molecule has 0 bridgehead atoms. The minimum absolute atomic E-state index is 0.0934. The SMILES string of the molecule is CC(C)(c1cccc(O)c1)c1cccc(O)c1.CC1(C)C2=CC(=O)C=CC2=C(c2cc(N(Cc3ccccn3)Cc3ccccn3)ccc2OC=O)c2ccc(O)cc21.CC1(C)C2=CC(=O)C=CC2=C(c2ccc(N(Cc3ccccn3)Cc3ccccn3)cc2OC=O)c2ccc(O)cc21.CS(=O)(=O)O.O=C1OC(=O)c2cc(N(Cc3ccccc3)Cc3ccccn3)ccc21.